The number of ether oxygens (including phenoxy) is 1. The van der Waals surface area contributed by atoms with Crippen LogP contribution in [0, 0.1) is 20.8 Å². The Labute approximate surface area is 322 Å². The van der Waals surface area contributed by atoms with E-state index < -0.39 is 31.9 Å². The van der Waals surface area contributed by atoms with Gasteiger partial charge >= 0.3 is 20.2 Å². The number of nitrogens with zero attached hydrogens (tertiary/aromatic N) is 2. The first kappa shape index (κ1) is 38.1. The minimum atomic E-state index is -4.54. The number of rotatable bonds is 12. The van der Waals surface area contributed by atoms with Gasteiger partial charge in [-0.15, -0.1) is 0 Å². The van der Waals surface area contributed by atoms with E-state index in [1.807, 2.05) is 50.2 Å². The number of fused-ring (bicyclic) bond motifs is 1. The average molecular weight is 782 g/mol. The molecule has 1 fully saturated rings. The minimum absolute atomic E-state index is 0.0180. The molecule has 1 saturated heterocycles. The van der Waals surface area contributed by atoms with E-state index in [-0.39, 0.29) is 52.1 Å². The summed E-state index contributed by atoms with van der Waals surface area (Å²) in [5, 5.41) is 3.37. The lowest BCUT2D eigenvalue weighted by Crippen LogP contribution is -2.42. The molecule has 0 unspecified atom stereocenters. The Balaban J connectivity index is 1.31. The predicted molar refractivity (Wildman–Crippen MR) is 208 cm³/mol. The number of aryl methyl sites for hydroxylation is 2. The topological polar surface area (TPSA) is 132 Å². The largest absolute Gasteiger partial charge is 0.487 e. The maximum Gasteiger partial charge on any atom is 0.339 e. The molecular formula is C42H43N3O8S2. The quantitative estimate of drug-likeness (QED) is 0.144. The fourth-order valence-electron chi connectivity index (χ4n) is 6.69. The van der Waals surface area contributed by atoms with Crippen molar-refractivity contribution in [2.24, 2.45) is 0 Å². The zero-order valence-corrected chi connectivity index (χ0v) is 32.6. The third kappa shape index (κ3) is 8.70. The molecule has 0 bridgehead atoms. The van der Waals surface area contributed by atoms with E-state index in [4.69, 9.17) is 13.1 Å². The van der Waals surface area contributed by atoms with Crippen molar-refractivity contribution in [2.45, 2.75) is 56.8 Å². The molecule has 55 heavy (non-hydrogen) atoms. The van der Waals surface area contributed by atoms with E-state index in [0.29, 0.717) is 0 Å². The highest BCUT2D eigenvalue weighted by Crippen LogP contribution is 2.43. The fraction of sp³-hybridized carbons (Fsp3) is 0.262. The minimum Gasteiger partial charge on any atom is -0.487 e. The molecule has 11 nitrogen and oxygen atoms in total. The van der Waals surface area contributed by atoms with Gasteiger partial charge in [0.1, 0.15) is 27.7 Å². The van der Waals surface area contributed by atoms with Crippen LogP contribution in [0.4, 0.5) is 0 Å². The lowest BCUT2D eigenvalue weighted by Gasteiger charge is -2.27. The lowest BCUT2D eigenvalue weighted by molar-refractivity contribution is 0.0744. The summed E-state index contributed by atoms with van der Waals surface area (Å²) >= 11 is 0. The van der Waals surface area contributed by atoms with Crippen LogP contribution in [0.5, 0.6) is 17.2 Å². The fourth-order valence-corrected chi connectivity index (χ4v) is 8.60. The van der Waals surface area contributed by atoms with Crippen molar-refractivity contribution >= 4 is 26.1 Å². The Morgan fingerprint density at radius 2 is 1.25 bits per heavy atom. The number of amides is 1. The number of carbonyl (C=O) groups excluding carboxylic acids is 1. The Bertz CT molecular complexity index is 2410. The van der Waals surface area contributed by atoms with E-state index in [2.05, 4.69) is 22.3 Å². The number of hydrogen-bond acceptors (Lipinski definition) is 10. The van der Waals surface area contributed by atoms with E-state index in [1.165, 1.54) is 24.3 Å². The third-order valence-corrected chi connectivity index (χ3v) is 12.3. The van der Waals surface area contributed by atoms with Gasteiger partial charge in [-0.05, 0) is 67.3 Å². The van der Waals surface area contributed by atoms with Gasteiger partial charge in [-0.25, -0.2) is 0 Å². The first-order chi connectivity index (χ1) is 26.4. The van der Waals surface area contributed by atoms with E-state index in [1.54, 1.807) is 36.1 Å². The van der Waals surface area contributed by atoms with Gasteiger partial charge in [0.15, 0.2) is 11.5 Å². The van der Waals surface area contributed by atoms with Gasteiger partial charge in [-0.3, -0.25) is 9.69 Å². The molecule has 0 atom stereocenters. The number of hydrogen-bond donors (Lipinski definition) is 1. The molecule has 0 radical (unpaired) electrons. The van der Waals surface area contributed by atoms with E-state index >= 15 is 0 Å². The Morgan fingerprint density at radius 3 is 1.87 bits per heavy atom. The zero-order chi connectivity index (χ0) is 38.7. The molecule has 13 heteroatoms. The number of benzene rings is 5. The standard InChI is InChI=1S/C42H43N3O8S2/c1-29-9-15-36(16-10-29)54(47,48)52-38-24-39(53-55(49,50)37-17-11-30(2)12-18-37)40(41(31(38)3)51-28-32-7-5-4-6-8-32)42(46)45-26-34-14-13-33(23-35(34)27-45)25-44-21-19-43-20-22-44/h4-18,23-24,43H,19-22,25-28H2,1-3H3. The van der Waals surface area contributed by atoms with Gasteiger partial charge in [0.2, 0.25) is 0 Å². The summed E-state index contributed by atoms with van der Waals surface area (Å²) in [7, 11) is -8.95. The van der Waals surface area contributed by atoms with Crippen LogP contribution in [-0.4, -0.2) is 58.7 Å². The molecular weight excluding hydrogens is 739 g/mol. The molecule has 286 valence electrons. The second-order valence-corrected chi connectivity index (χ2v) is 17.1. The average Bonchev–Trinajstić information content (AvgIpc) is 3.60. The summed E-state index contributed by atoms with van der Waals surface area (Å²) in [5.41, 5.74) is 5.56. The molecule has 2 heterocycles. The molecule has 0 aliphatic carbocycles. The summed E-state index contributed by atoms with van der Waals surface area (Å²) in [5.74, 6) is -1.29. The summed E-state index contributed by atoms with van der Waals surface area (Å²) < 4.78 is 72.8. The van der Waals surface area contributed by atoms with Crippen LogP contribution in [0.2, 0.25) is 0 Å². The molecule has 2 aliphatic heterocycles. The lowest BCUT2D eigenvalue weighted by atomic mass is 10.1. The van der Waals surface area contributed by atoms with Crippen molar-refractivity contribution in [3.8, 4) is 17.2 Å². The van der Waals surface area contributed by atoms with Crippen LogP contribution < -0.4 is 18.4 Å². The van der Waals surface area contributed by atoms with Crippen molar-refractivity contribution in [3.63, 3.8) is 0 Å². The highest BCUT2D eigenvalue weighted by molar-refractivity contribution is 7.87. The summed E-state index contributed by atoms with van der Waals surface area (Å²) in [6.07, 6.45) is 0. The number of carbonyl (C=O) groups is 1. The maximum absolute atomic E-state index is 14.8. The Morgan fingerprint density at radius 1 is 0.673 bits per heavy atom. The highest BCUT2D eigenvalue weighted by Gasteiger charge is 2.35. The van der Waals surface area contributed by atoms with Crippen LogP contribution >= 0.6 is 0 Å². The summed E-state index contributed by atoms with van der Waals surface area (Å²) in [6, 6.07) is 28.8. The molecule has 5 aromatic rings. The number of nitrogens with one attached hydrogen (secondary N) is 1. The van der Waals surface area contributed by atoms with Gasteiger partial charge in [0.05, 0.1) is 0 Å². The summed E-state index contributed by atoms with van der Waals surface area (Å²) in [4.78, 5) is 18.6. The first-order valence-corrected chi connectivity index (χ1v) is 20.9. The second kappa shape index (κ2) is 15.9. The molecule has 0 saturated carbocycles. The monoisotopic (exact) mass is 781 g/mol. The number of piperazine rings is 1. The first-order valence-electron chi connectivity index (χ1n) is 18.1. The molecule has 5 aromatic carbocycles. The normalized spacial score (nSPS) is 14.7. The van der Waals surface area contributed by atoms with Gasteiger partial charge in [0.25, 0.3) is 5.91 Å². The van der Waals surface area contributed by atoms with Gasteiger partial charge in [-0.1, -0.05) is 83.9 Å². The van der Waals surface area contributed by atoms with Crippen molar-refractivity contribution in [3.05, 3.63) is 148 Å². The van der Waals surface area contributed by atoms with Crippen LogP contribution in [0.25, 0.3) is 0 Å². The van der Waals surface area contributed by atoms with E-state index in [0.717, 1.165) is 72.2 Å². The van der Waals surface area contributed by atoms with Crippen molar-refractivity contribution in [1.82, 2.24) is 15.1 Å². The smallest absolute Gasteiger partial charge is 0.339 e. The zero-order valence-electron chi connectivity index (χ0n) is 30.9. The molecule has 1 amide bonds. The van der Waals surface area contributed by atoms with Crippen molar-refractivity contribution in [2.75, 3.05) is 26.2 Å². The van der Waals surface area contributed by atoms with Gasteiger partial charge < -0.3 is 23.3 Å². The van der Waals surface area contributed by atoms with Crippen LogP contribution in [0.15, 0.2) is 113 Å². The Kier molecular flexibility index (Phi) is 11.0. The van der Waals surface area contributed by atoms with Crippen LogP contribution in [0.3, 0.4) is 0 Å². The van der Waals surface area contributed by atoms with E-state index in [9.17, 15) is 21.6 Å². The van der Waals surface area contributed by atoms with Gasteiger partial charge in [0, 0.05) is 57.4 Å². The highest BCUT2D eigenvalue weighted by atomic mass is 32.2. The second-order valence-electron chi connectivity index (χ2n) is 14.0. The molecule has 0 spiro atoms. The van der Waals surface area contributed by atoms with Gasteiger partial charge in [-0.2, -0.15) is 16.8 Å². The van der Waals surface area contributed by atoms with Crippen LogP contribution in [-0.2, 0) is 46.5 Å². The molecule has 1 N–H and O–H groups in total. The van der Waals surface area contributed by atoms with Crippen molar-refractivity contribution in [1.29, 1.82) is 0 Å². The maximum atomic E-state index is 14.8. The Hall–Kier alpha value is -5.21. The van der Waals surface area contributed by atoms with Crippen molar-refractivity contribution < 1.29 is 34.7 Å². The third-order valence-electron chi connectivity index (χ3n) is 9.80. The van der Waals surface area contributed by atoms with Crippen LogP contribution in [0.1, 0.15) is 49.3 Å². The SMILES string of the molecule is Cc1ccc(S(=O)(=O)Oc2cc(OS(=O)(=O)c3ccc(C)cc3)c(C(=O)N3Cc4ccc(CN5CCNCC5)cc4C3)c(OCc3ccccc3)c2C)cc1. The molecule has 0 aromatic heterocycles. The molecule has 2 aliphatic rings. The summed E-state index contributed by atoms with van der Waals surface area (Å²) in [6.45, 7) is 10.3. The predicted octanol–water partition coefficient (Wildman–Crippen LogP) is 6.29. The molecule has 7 rings (SSSR count).